The van der Waals surface area contributed by atoms with Crippen molar-refractivity contribution in [1.29, 1.82) is 0 Å². The topological polar surface area (TPSA) is 88.1 Å². The molecule has 0 radical (unpaired) electrons. The first-order valence-corrected chi connectivity index (χ1v) is 14.2. The summed E-state index contributed by atoms with van der Waals surface area (Å²) in [6, 6.07) is 6.54. The maximum absolute atomic E-state index is 14.8. The number of ether oxygens (including phenoxy) is 4. The summed E-state index contributed by atoms with van der Waals surface area (Å²) >= 11 is 0. The highest BCUT2D eigenvalue weighted by Crippen LogP contribution is 2.62. The third-order valence-electron chi connectivity index (χ3n) is 10.1. The largest absolute Gasteiger partial charge is 0.455 e. The zero-order valence-corrected chi connectivity index (χ0v) is 24.9. The number of carbonyl (C=O) groups excluding carboxylic acids is 3. The lowest BCUT2D eigenvalue weighted by atomic mass is 9.46. The summed E-state index contributed by atoms with van der Waals surface area (Å²) < 4.78 is 65.4. The summed E-state index contributed by atoms with van der Waals surface area (Å²) in [5, 5.41) is 0. The van der Waals surface area contributed by atoms with Gasteiger partial charge in [-0.2, -0.15) is 13.2 Å². The van der Waals surface area contributed by atoms with E-state index in [0.29, 0.717) is 0 Å². The van der Waals surface area contributed by atoms with E-state index in [1.807, 2.05) is 0 Å². The molecule has 1 saturated carbocycles. The zero-order chi connectivity index (χ0) is 31.1. The van der Waals surface area contributed by atoms with Gasteiger partial charge in [-0.25, -0.2) is 9.59 Å². The molecule has 1 aromatic rings. The van der Waals surface area contributed by atoms with Crippen molar-refractivity contribution in [1.82, 2.24) is 0 Å². The van der Waals surface area contributed by atoms with E-state index in [-0.39, 0.29) is 29.2 Å². The molecule has 230 valence electrons. The van der Waals surface area contributed by atoms with Crippen molar-refractivity contribution >= 4 is 17.9 Å². The molecule has 1 aromatic carbocycles. The Hall–Kier alpha value is -3.14. The van der Waals surface area contributed by atoms with E-state index in [1.54, 1.807) is 0 Å². The summed E-state index contributed by atoms with van der Waals surface area (Å²) in [6.45, 7) is 9.61. The van der Waals surface area contributed by atoms with Crippen LogP contribution in [0, 0.1) is 22.7 Å². The fourth-order valence-electron chi connectivity index (χ4n) is 7.38. The molecular weight excluding hydrogens is 553 g/mol. The van der Waals surface area contributed by atoms with E-state index < -0.39 is 53.1 Å². The molecular formula is C32H39F3O7. The molecule has 0 amide bonds. The molecule has 42 heavy (non-hydrogen) atoms. The Bertz CT molecular complexity index is 1270. The second-order valence-corrected chi connectivity index (χ2v) is 12.2. The minimum absolute atomic E-state index is 0.0208. The van der Waals surface area contributed by atoms with E-state index in [2.05, 4.69) is 33.8 Å². The van der Waals surface area contributed by atoms with Crippen LogP contribution < -0.4 is 0 Å². The maximum Gasteiger partial charge on any atom is 0.432 e. The van der Waals surface area contributed by atoms with Crippen LogP contribution in [0.15, 0.2) is 53.6 Å². The minimum Gasteiger partial charge on any atom is -0.455 e. The Kier molecular flexibility index (Phi) is 8.71. The smallest absolute Gasteiger partial charge is 0.432 e. The highest BCUT2D eigenvalue weighted by atomic mass is 19.4. The number of hydrogen-bond acceptors (Lipinski definition) is 7. The molecule has 0 saturated heterocycles. The fourth-order valence-corrected chi connectivity index (χ4v) is 7.38. The maximum atomic E-state index is 14.8. The highest BCUT2D eigenvalue weighted by Gasteiger charge is 2.65. The van der Waals surface area contributed by atoms with Gasteiger partial charge in [0.1, 0.15) is 6.10 Å². The lowest BCUT2D eigenvalue weighted by Gasteiger charge is -2.58. The van der Waals surface area contributed by atoms with Gasteiger partial charge >= 0.3 is 24.1 Å². The molecule has 4 rings (SSSR count). The molecule has 2 aliphatic carbocycles. The van der Waals surface area contributed by atoms with Crippen LogP contribution in [0.5, 0.6) is 0 Å². The van der Waals surface area contributed by atoms with Crippen molar-refractivity contribution < 1.29 is 46.5 Å². The predicted molar refractivity (Wildman–Crippen MR) is 147 cm³/mol. The first kappa shape index (κ1) is 31.8. The number of rotatable bonds is 8. The molecule has 10 heteroatoms. The van der Waals surface area contributed by atoms with Gasteiger partial charge in [0.05, 0.1) is 5.57 Å². The molecule has 0 bridgehead atoms. The molecule has 0 spiro atoms. The summed E-state index contributed by atoms with van der Waals surface area (Å²) in [7, 11) is 0.799. The van der Waals surface area contributed by atoms with E-state index in [9.17, 15) is 27.6 Å². The third-order valence-corrected chi connectivity index (χ3v) is 10.1. The Morgan fingerprint density at radius 3 is 2.40 bits per heavy atom. The van der Waals surface area contributed by atoms with Crippen molar-refractivity contribution in [2.75, 3.05) is 7.11 Å². The second-order valence-electron chi connectivity index (χ2n) is 12.2. The Balaban J connectivity index is 1.81. The van der Waals surface area contributed by atoms with Gasteiger partial charge < -0.3 is 18.9 Å². The SMILES string of the molecule is CO[C@](C(=O)O[C@@H](C[C@@]1(C)[C@H](C)CC[C@@]2(C)C(C)=CCC[C@H]12)C1=CC(=O)OC1OC(C)=O)(c1ccccc1)C(F)(F)F. The molecule has 7 nitrogen and oxygen atoms in total. The van der Waals surface area contributed by atoms with E-state index in [4.69, 9.17) is 18.9 Å². The lowest BCUT2D eigenvalue weighted by molar-refractivity contribution is -0.278. The van der Waals surface area contributed by atoms with Gasteiger partial charge in [-0.05, 0) is 61.7 Å². The minimum atomic E-state index is -5.19. The van der Waals surface area contributed by atoms with Crippen LogP contribution in [-0.4, -0.2) is 43.6 Å². The number of hydrogen-bond donors (Lipinski definition) is 0. The van der Waals surface area contributed by atoms with Gasteiger partial charge in [0.2, 0.25) is 0 Å². The summed E-state index contributed by atoms with van der Waals surface area (Å²) in [5.41, 5.74) is -3.32. The number of fused-ring (bicyclic) bond motifs is 1. The number of benzene rings is 1. The van der Waals surface area contributed by atoms with Crippen LogP contribution in [-0.2, 0) is 38.9 Å². The molecule has 1 unspecified atom stereocenters. The number of cyclic esters (lactones) is 1. The molecule has 0 aromatic heterocycles. The zero-order valence-electron chi connectivity index (χ0n) is 24.9. The fraction of sp³-hybridized carbons (Fsp3) is 0.594. The van der Waals surface area contributed by atoms with Crippen LogP contribution in [0.2, 0.25) is 0 Å². The number of alkyl halides is 3. The monoisotopic (exact) mass is 592 g/mol. The van der Waals surface area contributed by atoms with Gasteiger partial charge in [-0.1, -0.05) is 62.8 Å². The Labute approximate surface area is 244 Å². The quantitative estimate of drug-likeness (QED) is 0.249. The molecule has 3 aliphatic rings. The predicted octanol–water partition coefficient (Wildman–Crippen LogP) is 6.56. The van der Waals surface area contributed by atoms with Gasteiger partial charge in [-0.15, -0.1) is 0 Å². The van der Waals surface area contributed by atoms with Gasteiger partial charge in [0.15, 0.2) is 0 Å². The van der Waals surface area contributed by atoms with E-state index >= 15 is 0 Å². The van der Waals surface area contributed by atoms with Crippen molar-refractivity contribution in [3.05, 3.63) is 59.2 Å². The number of carbonyl (C=O) groups is 3. The number of halogens is 3. The van der Waals surface area contributed by atoms with Crippen LogP contribution in [0.25, 0.3) is 0 Å². The first-order valence-electron chi connectivity index (χ1n) is 14.2. The second kappa shape index (κ2) is 11.5. The summed E-state index contributed by atoms with van der Waals surface area (Å²) in [6.07, 6.45) is -1.23. The van der Waals surface area contributed by atoms with Gasteiger partial charge in [-0.3, -0.25) is 4.79 Å². The van der Waals surface area contributed by atoms with Gasteiger partial charge in [0, 0.05) is 25.7 Å². The third kappa shape index (κ3) is 5.38. The van der Waals surface area contributed by atoms with Crippen LogP contribution in [0.4, 0.5) is 13.2 Å². The van der Waals surface area contributed by atoms with Crippen molar-refractivity contribution in [3.63, 3.8) is 0 Å². The van der Waals surface area contributed by atoms with Crippen LogP contribution in [0.1, 0.15) is 72.3 Å². The lowest BCUT2D eigenvalue weighted by Crippen LogP contribution is -2.54. The van der Waals surface area contributed by atoms with Gasteiger partial charge in [0.25, 0.3) is 11.9 Å². The van der Waals surface area contributed by atoms with Crippen molar-refractivity contribution in [2.24, 2.45) is 22.7 Å². The first-order chi connectivity index (χ1) is 19.6. The van der Waals surface area contributed by atoms with Crippen LogP contribution >= 0.6 is 0 Å². The number of allylic oxidation sites excluding steroid dienone is 2. The molecule has 1 aliphatic heterocycles. The Morgan fingerprint density at radius 1 is 1.14 bits per heavy atom. The standard InChI is InChI=1S/C32H39F3O7/c1-19-11-10-14-25-29(19,4)16-15-20(2)30(25,5)18-24(23-17-26(37)42-27(23)40-21(3)36)41-28(38)31(39-6,32(33,34)35)22-12-8-7-9-13-22/h7-9,11-13,17,20,24-25,27H,10,14-16,18H2,1-6H3/t20-,24+,25+,27?,29+,30+,31+/m1/s1. The Morgan fingerprint density at radius 2 is 1.81 bits per heavy atom. The normalized spacial score (nSPS) is 31.5. The average molecular weight is 593 g/mol. The van der Waals surface area contributed by atoms with E-state index in [1.165, 1.54) is 23.8 Å². The molecule has 1 heterocycles. The molecule has 0 N–H and O–H groups in total. The average Bonchev–Trinajstić information content (AvgIpc) is 3.27. The molecule has 7 atom stereocenters. The number of methoxy groups -OCH3 is 1. The highest BCUT2D eigenvalue weighted by molar-refractivity contribution is 5.87. The summed E-state index contributed by atoms with van der Waals surface area (Å²) in [5.74, 6) is -3.08. The van der Waals surface area contributed by atoms with Crippen molar-refractivity contribution in [3.8, 4) is 0 Å². The van der Waals surface area contributed by atoms with E-state index in [0.717, 1.165) is 57.9 Å². The number of esters is 3. The molecule has 1 fully saturated rings. The van der Waals surface area contributed by atoms with Crippen LogP contribution in [0.3, 0.4) is 0 Å². The van der Waals surface area contributed by atoms with Crippen molar-refractivity contribution in [2.45, 2.75) is 90.9 Å². The summed E-state index contributed by atoms with van der Waals surface area (Å²) in [4.78, 5) is 38.1.